The average molecular weight is 247 g/mol. The third-order valence-corrected chi connectivity index (χ3v) is 2.55. The molecule has 2 aromatic rings. The summed E-state index contributed by atoms with van der Waals surface area (Å²) in [4.78, 5) is 4.24. The van der Waals surface area contributed by atoms with E-state index in [1.807, 2.05) is 6.07 Å². The van der Waals surface area contributed by atoms with Gasteiger partial charge in [-0.3, -0.25) is 5.10 Å². The van der Waals surface area contributed by atoms with Crippen LogP contribution in [0.4, 0.5) is 0 Å². The topological polar surface area (TPSA) is 101 Å². The molecule has 0 aromatic carbocycles. The molecule has 94 valence electrons. The first-order valence-corrected chi connectivity index (χ1v) is 5.60. The summed E-state index contributed by atoms with van der Waals surface area (Å²) >= 11 is 0. The SMILES string of the molecule is CCCC(OC)c1noc(-c2cn[nH]c2C#N)n1. The largest absolute Gasteiger partial charge is 0.373 e. The molecule has 0 aliphatic rings. The molecular weight excluding hydrogens is 234 g/mol. The number of aromatic amines is 1. The molecule has 0 saturated heterocycles. The van der Waals surface area contributed by atoms with Gasteiger partial charge in [0.15, 0.2) is 0 Å². The van der Waals surface area contributed by atoms with Crippen molar-refractivity contribution in [2.24, 2.45) is 0 Å². The molecule has 0 spiro atoms. The van der Waals surface area contributed by atoms with Crippen molar-refractivity contribution < 1.29 is 9.26 Å². The van der Waals surface area contributed by atoms with E-state index in [0.717, 1.165) is 12.8 Å². The smallest absolute Gasteiger partial charge is 0.262 e. The van der Waals surface area contributed by atoms with Gasteiger partial charge in [-0.15, -0.1) is 0 Å². The van der Waals surface area contributed by atoms with Crippen molar-refractivity contribution in [3.05, 3.63) is 17.7 Å². The number of nitrogens with one attached hydrogen (secondary N) is 1. The average Bonchev–Trinajstić information content (AvgIpc) is 3.03. The molecule has 0 aliphatic heterocycles. The summed E-state index contributed by atoms with van der Waals surface area (Å²) in [5.74, 6) is 0.757. The first-order chi connectivity index (χ1) is 8.80. The Morgan fingerprint density at radius 2 is 2.44 bits per heavy atom. The van der Waals surface area contributed by atoms with E-state index in [1.165, 1.54) is 6.20 Å². The van der Waals surface area contributed by atoms with Crippen molar-refractivity contribution in [2.75, 3.05) is 7.11 Å². The molecule has 0 radical (unpaired) electrons. The quantitative estimate of drug-likeness (QED) is 0.864. The van der Waals surface area contributed by atoms with E-state index in [4.69, 9.17) is 14.5 Å². The second-order valence-electron chi connectivity index (χ2n) is 3.74. The van der Waals surface area contributed by atoms with Gasteiger partial charge in [-0.1, -0.05) is 18.5 Å². The minimum absolute atomic E-state index is 0.190. The van der Waals surface area contributed by atoms with Gasteiger partial charge in [0.05, 0.1) is 11.8 Å². The van der Waals surface area contributed by atoms with Crippen LogP contribution in [0.3, 0.4) is 0 Å². The Labute approximate surface area is 104 Å². The molecule has 2 rings (SSSR count). The van der Waals surface area contributed by atoms with Crippen molar-refractivity contribution in [1.82, 2.24) is 20.3 Å². The van der Waals surface area contributed by atoms with Crippen LogP contribution >= 0.6 is 0 Å². The predicted molar refractivity (Wildman–Crippen MR) is 61.3 cm³/mol. The number of rotatable bonds is 5. The van der Waals surface area contributed by atoms with Gasteiger partial charge in [-0.2, -0.15) is 15.3 Å². The van der Waals surface area contributed by atoms with Crippen LogP contribution in [0.2, 0.25) is 0 Å². The molecule has 18 heavy (non-hydrogen) atoms. The fourth-order valence-corrected chi connectivity index (χ4v) is 1.62. The molecule has 1 atom stereocenters. The maximum atomic E-state index is 8.88. The normalized spacial score (nSPS) is 12.3. The minimum atomic E-state index is -0.190. The molecule has 7 nitrogen and oxygen atoms in total. The van der Waals surface area contributed by atoms with Gasteiger partial charge in [0, 0.05) is 7.11 Å². The summed E-state index contributed by atoms with van der Waals surface area (Å²) in [6.07, 6.45) is 3.06. The monoisotopic (exact) mass is 247 g/mol. The highest BCUT2D eigenvalue weighted by molar-refractivity contribution is 5.59. The van der Waals surface area contributed by atoms with Gasteiger partial charge < -0.3 is 9.26 Å². The summed E-state index contributed by atoms with van der Waals surface area (Å²) in [5.41, 5.74) is 0.803. The number of aromatic nitrogens is 4. The Bertz CT molecular complexity index is 554. The van der Waals surface area contributed by atoms with Crippen molar-refractivity contribution in [3.8, 4) is 17.5 Å². The van der Waals surface area contributed by atoms with E-state index in [-0.39, 0.29) is 12.0 Å². The number of hydrogen-bond donors (Lipinski definition) is 1. The van der Waals surface area contributed by atoms with Crippen LogP contribution in [-0.4, -0.2) is 27.4 Å². The molecular formula is C11H13N5O2. The first-order valence-electron chi connectivity index (χ1n) is 5.60. The zero-order valence-corrected chi connectivity index (χ0v) is 10.2. The van der Waals surface area contributed by atoms with E-state index in [9.17, 15) is 0 Å². The van der Waals surface area contributed by atoms with Crippen LogP contribution in [0.25, 0.3) is 11.5 Å². The summed E-state index contributed by atoms with van der Waals surface area (Å²) in [6, 6.07) is 1.97. The highest BCUT2D eigenvalue weighted by Crippen LogP contribution is 2.24. The van der Waals surface area contributed by atoms with Crippen molar-refractivity contribution in [1.29, 1.82) is 5.26 Å². The van der Waals surface area contributed by atoms with Crippen LogP contribution < -0.4 is 0 Å². The van der Waals surface area contributed by atoms with Gasteiger partial charge in [-0.05, 0) is 6.42 Å². The fourth-order valence-electron chi connectivity index (χ4n) is 1.62. The number of nitriles is 1. The molecule has 0 bridgehead atoms. The third kappa shape index (κ3) is 2.24. The second kappa shape index (κ2) is 5.42. The van der Waals surface area contributed by atoms with E-state index >= 15 is 0 Å². The number of nitrogens with zero attached hydrogens (tertiary/aromatic N) is 4. The fraction of sp³-hybridized carbons (Fsp3) is 0.455. The number of hydrogen-bond acceptors (Lipinski definition) is 6. The zero-order valence-electron chi connectivity index (χ0n) is 10.2. The highest BCUT2D eigenvalue weighted by atomic mass is 16.5. The number of ether oxygens (including phenoxy) is 1. The van der Waals surface area contributed by atoms with Crippen LogP contribution in [-0.2, 0) is 4.74 Å². The number of methoxy groups -OCH3 is 1. The summed E-state index contributed by atoms with van der Waals surface area (Å²) in [5, 5.41) is 19.1. The van der Waals surface area contributed by atoms with Crippen LogP contribution in [0.5, 0.6) is 0 Å². The Morgan fingerprint density at radius 1 is 1.61 bits per heavy atom. The van der Waals surface area contributed by atoms with Crippen LogP contribution in [0.15, 0.2) is 10.7 Å². The lowest BCUT2D eigenvalue weighted by molar-refractivity contribution is 0.0854. The van der Waals surface area contributed by atoms with Crippen LogP contribution in [0.1, 0.15) is 37.4 Å². The highest BCUT2D eigenvalue weighted by Gasteiger charge is 2.20. The van der Waals surface area contributed by atoms with Crippen molar-refractivity contribution >= 4 is 0 Å². The van der Waals surface area contributed by atoms with Gasteiger partial charge in [0.25, 0.3) is 5.89 Å². The molecule has 2 heterocycles. The maximum Gasteiger partial charge on any atom is 0.262 e. The summed E-state index contributed by atoms with van der Waals surface area (Å²) < 4.78 is 10.4. The Kier molecular flexibility index (Phi) is 3.69. The molecule has 2 aromatic heterocycles. The second-order valence-corrected chi connectivity index (χ2v) is 3.74. The van der Waals surface area contributed by atoms with Crippen molar-refractivity contribution in [2.45, 2.75) is 25.9 Å². The van der Waals surface area contributed by atoms with Gasteiger partial charge in [0.1, 0.15) is 17.9 Å². The lowest BCUT2D eigenvalue weighted by Crippen LogP contribution is -2.03. The minimum Gasteiger partial charge on any atom is -0.373 e. The molecule has 0 aliphatic carbocycles. The van der Waals surface area contributed by atoms with E-state index in [2.05, 4.69) is 27.3 Å². The first kappa shape index (κ1) is 12.3. The zero-order chi connectivity index (χ0) is 13.0. The molecule has 1 unspecified atom stereocenters. The van der Waals surface area contributed by atoms with Gasteiger partial charge in [-0.25, -0.2) is 0 Å². The predicted octanol–water partition coefficient (Wildman–Crippen LogP) is 1.82. The van der Waals surface area contributed by atoms with Gasteiger partial charge in [0.2, 0.25) is 5.82 Å². The third-order valence-electron chi connectivity index (χ3n) is 2.55. The summed E-state index contributed by atoms with van der Waals surface area (Å²) in [7, 11) is 1.61. The standard InChI is InChI=1S/C11H13N5O2/c1-3-4-9(17-2)10-14-11(18-16-10)7-6-13-15-8(7)5-12/h6,9H,3-4H2,1-2H3,(H,13,15). The van der Waals surface area contributed by atoms with Gasteiger partial charge >= 0.3 is 0 Å². The molecule has 7 heteroatoms. The Hall–Kier alpha value is -2.20. The Balaban J connectivity index is 2.28. The maximum absolute atomic E-state index is 8.88. The van der Waals surface area contributed by atoms with Crippen molar-refractivity contribution in [3.63, 3.8) is 0 Å². The molecule has 0 amide bonds. The molecule has 0 fully saturated rings. The Morgan fingerprint density at radius 3 is 3.11 bits per heavy atom. The summed E-state index contributed by atoms with van der Waals surface area (Å²) in [6.45, 7) is 2.05. The van der Waals surface area contributed by atoms with E-state index < -0.39 is 0 Å². The van der Waals surface area contributed by atoms with E-state index in [1.54, 1.807) is 7.11 Å². The lowest BCUT2D eigenvalue weighted by atomic mass is 10.2. The number of H-pyrrole nitrogens is 1. The van der Waals surface area contributed by atoms with Crippen LogP contribution in [0, 0.1) is 11.3 Å². The molecule has 1 N–H and O–H groups in total. The molecule has 0 saturated carbocycles. The van der Waals surface area contributed by atoms with E-state index in [0.29, 0.717) is 17.1 Å². The lowest BCUT2D eigenvalue weighted by Gasteiger charge is -2.08.